The van der Waals surface area contributed by atoms with Gasteiger partial charge in [0.25, 0.3) is 0 Å². The molecule has 1 nitrogen and oxygen atoms in total. The molecule has 2 atom stereocenters. The largest absolute Gasteiger partial charge is 0.393 e. The number of rotatable bonds is 8. The van der Waals surface area contributed by atoms with E-state index < -0.39 is 0 Å². The molecule has 0 heterocycles. The van der Waals surface area contributed by atoms with E-state index in [2.05, 4.69) is 50.3 Å². The van der Waals surface area contributed by atoms with Crippen LogP contribution in [0.5, 0.6) is 0 Å². The Morgan fingerprint density at radius 3 is 2.61 bits per heavy atom. The molecule has 1 heteroatoms. The number of benzene rings is 1. The quantitative estimate of drug-likeness (QED) is 0.533. The fourth-order valence-corrected chi connectivity index (χ4v) is 1.98. The van der Waals surface area contributed by atoms with Gasteiger partial charge in [-0.2, -0.15) is 0 Å². The van der Waals surface area contributed by atoms with Crippen molar-refractivity contribution in [2.24, 2.45) is 5.92 Å². The van der Waals surface area contributed by atoms with Crippen molar-refractivity contribution < 1.29 is 5.11 Å². The summed E-state index contributed by atoms with van der Waals surface area (Å²) in [6, 6.07) is 10.4. The van der Waals surface area contributed by atoms with Crippen molar-refractivity contribution in [3.8, 4) is 0 Å². The van der Waals surface area contributed by atoms with Crippen LogP contribution < -0.4 is 0 Å². The van der Waals surface area contributed by atoms with Gasteiger partial charge in [0.15, 0.2) is 0 Å². The van der Waals surface area contributed by atoms with Gasteiger partial charge in [0.1, 0.15) is 0 Å². The Hall–Kier alpha value is -1.08. The molecular formula is C17H26O. The van der Waals surface area contributed by atoms with Crippen LogP contribution in [0.4, 0.5) is 0 Å². The predicted molar refractivity (Wildman–Crippen MR) is 78.6 cm³/mol. The van der Waals surface area contributed by atoms with Gasteiger partial charge in [0.05, 0.1) is 6.10 Å². The van der Waals surface area contributed by atoms with Gasteiger partial charge < -0.3 is 5.11 Å². The molecule has 0 aliphatic heterocycles. The maximum absolute atomic E-state index is 10.1. The van der Waals surface area contributed by atoms with Crippen molar-refractivity contribution in [2.75, 3.05) is 0 Å². The molecule has 18 heavy (non-hydrogen) atoms. The van der Waals surface area contributed by atoms with Gasteiger partial charge in [0.2, 0.25) is 0 Å². The molecule has 1 N–H and O–H groups in total. The van der Waals surface area contributed by atoms with E-state index in [-0.39, 0.29) is 12.0 Å². The average Bonchev–Trinajstić information content (AvgIpc) is 2.42. The fraction of sp³-hybridized carbons (Fsp3) is 0.529. The lowest BCUT2D eigenvalue weighted by Gasteiger charge is -2.15. The number of aliphatic hydroxyl groups excluding tert-OH is 1. The van der Waals surface area contributed by atoms with Crippen LogP contribution in [-0.2, 0) is 6.42 Å². The van der Waals surface area contributed by atoms with Gasteiger partial charge in [-0.05, 0) is 30.7 Å². The Morgan fingerprint density at radius 1 is 1.22 bits per heavy atom. The van der Waals surface area contributed by atoms with Gasteiger partial charge in [-0.3, -0.25) is 0 Å². The highest BCUT2D eigenvalue weighted by molar-refractivity contribution is 5.14. The van der Waals surface area contributed by atoms with Crippen LogP contribution in [0.15, 0.2) is 42.5 Å². The van der Waals surface area contributed by atoms with Crippen LogP contribution in [0, 0.1) is 5.92 Å². The number of aliphatic hydroxyl groups is 1. The zero-order valence-corrected chi connectivity index (χ0v) is 11.7. The van der Waals surface area contributed by atoms with Crippen LogP contribution in [0.2, 0.25) is 0 Å². The zero-order chi connectivity index (χ0) is 13.2. The van der Waals surface area contributed by atoms with E-state index in [0.717, 1.165) is 19.3 Å². The Balaban J connectivity index is 2.27. The summed E-state index contributed by atoms with van der Waals surface area (Å²) in [7, 11) is 0. The van der Waals surface area contributed by atoms with Crippen LogP contribution in [0.1, 0.15) is 45.1 Å². The number of hydrogen-bond acceptors (Lipinski definition) is 1. The third kappa shape index (κ3) is 6.02. The molecule has 0 bridgehead atoms. The molecule has 0 radical (unpaired) electrons. The highest BCUT2D eigenvalue weighted by atomic mass is 16.3. The molecule has 1 aromatic rings. The van der Waals surface area contributed by atoms with Gasteiger partial charge in [-0.15, -0.1) is 0 Å². The van der Waals surface area contributed by atoms with Gasteiger partial charge in [-0.1, -0.05) is 69.2 Å². The highest BCUT2D eigenvalue weighted by Crippen LogP contribution is 2.13. The smallest absolute Gasteiger partial charge is 0.0603 e. The SMILES string of the molecule is CCCC/C=C/[C@H](C)[C@H](O)CCc1ccccc1. The Morgan fingerprint density at radius 2 is 1.94 bits per heavy atom. The number of hydrogen-bond donors (Lipinski definition) is 1. The van der Waals surface area contributed by atoms with Crippen LogP contribution in [0.25, 0.3) is 0 Å². The predicted octanol–water partition coefficient (Wildman–Crippen LogP) is 4.36. The summed E-state index contributed by atoms with van der Waals surface area (Å²) in [6.07, 6.45) is 9.53. The van der Waals surface area contributed by atoms with Gasteiger partial charge in [0, 0.05) is 0 Å². The molecule has 0 aromatic heterocycles. The molecule has 0 saturated heterocycles. The van der Waals surface area contributed by atoms with E-state index in [1.54, 1.807) is 0 Å². The highest BCUT2D eigenvalue weighted by Gasteiger charge is 2.10. The lowest BCUT2D eigenvalue weighted by atomic mass is 9.97. The van der Waals surface area contributed by atoms with E-state index in [0.29, 0.717) is 0 Å². The number of aryl methyl sites for hydroxylation is 1. The van der Waals surface area contributed by atoms with Gasteiger partial charge in [-0.25, -0.2) is 0 Å². The minimum atomic E-state index is -0.233. The first-order valence-electron chi connectivity index (χ1n) is 7.12. The molecule has 0 aliphatic carbocycles. The van der Waals surface area contributed by atoms with E-state index in [1.165, 1.54) is 18.4 Å². The minimum absolute atomic E-state index is 0.233. The molecule has 0 fully saturated rings. The maximum Gasteiger partial charge on any atom is 0.0603 e. The zero-order valence-electron chi connectivity index (χ0n) is 11.7. The summed E-state index contributed by atoms with van der Waals surface area (Å²) >= 11 is 0. The molecular weight excluding hydrogens is 220 g/mol. The van der Waals surface area contributed by atoms with E-state index in [4.69, 9.17) is 0 Å². The monoisotopic (exact) mass is 246 g/mol. The molecule has 0 amide bonds. The third-order valence-electron chi connectivity index (χ3n) is 3.34. The van der Waals surface area contributed by atoms with Crippen molar-refractivity contribution in [3.05, 3.63) is 48.0 Å². The summed E-state index contributed by atoms with van der Waals surface area (Å²) in [5, 5.41) is 10.1. The van der Waals surface area contributed by atoms with Crippen molar-refractivity contribution >= 4 is 0 Å². The Kier molecular flexibility index (Phi) is 7.43. The molecule has 0 unspecified atom stereocenters. The minimum Gasteiger partial charge on any atom is -0.393 e. The molecule has 100 valence electrons. The first kappa shape index (κ1) is 15.0. The summed E-state index contributed by atoms with van der Waals surface area (Å²) in [5.74, 6) is 0.255. The first-order chi connectivity index (χ1) is 8.74. The molecule has 1 aromatic carbocycles. The van der Waals surface area contributed by atoms with E-state index >= 15 is 0 Å². The molecule has 0 saturated carbocycles. The third-order valence-corrected chi connectivity index (χ3v) is 3.34. The second-order valence-electron chi connectivity index (χ2n) is 5.02. The molecule has 0 spiro atoms. The van der Waals surface area contributed by atoms with E-state index in [9.17, 15) is 5.11 Å². The number of allylic oxidation sites excluding steroid dienone is 1. The van der Waals surface area contributed by atoms with Crippen LogP contribution in [0.3, 0.4) is 0 Å². The standard InChI is InChI=1S/C17H26O/c1-3-4-5-7-10-15(2)17(18)14-13-16-11-8-6-9-12-16/h6-12,15,17-18H,3-5,13-14H2,1-2H3/b10-7+/t15-,17+/m0/s1. The topological polar surface area (TPSA) is 20.2 Å². The first-order valence-corrected chi connectivity index (χ1v) is 7.12. The van der Waals surface area contributed by atoms with Crippen molar-refractivity contribution in [1.29, 1.82) is 0 Å². The van der Waals surface area contributed by atoms with Crippen molar-refractivity contribution in [3.63, 3.8) is 0 Å². The average molecular weight is 246 g/mol. The fourth-order valence-electron chi connectivity index (χ4n) is 1.98. The van der Waals surface area contributed by atoms with Crippen LogP contribution >= 0.6 is 0 Å². The summed E-state index contributed by atoms with van der Waals surface area (Å²) in [6.45, 7) is 4.30. The lowest BCUT2D eigenvalue weighted by molar-refractivity contribution is 0.128. The maximum atomic E-state index is 10.1. The lowest BCUT2D eigenvalue weighted by Crippen LogP contribution is -2.16. The second kappa shape index (κ2) is 8.93. The summed E-state index contributed by atoms with van der Waals surface area (Å²) in [5.41, 5.74) is 1.30. The van der Waals surface area contributed by atoms with E-state index in [1.807, 2.05) is 6.07 Å². The number of unbranched alkanes of at least 4 members (excludes halogenated alkanes) is 2. The van der Waals surface area contributed by atoms with Crippen LogP contribution in [-0.4, -0.2) is 11.2 Å². The normalized spacial score (nSPS) is 14.8. The summed E-state index contributed by atoms with van der Waals surface area (Å²) in [4.78, 5) is 0. The molecule has 1 rings (SSSR count). The Bertz CT molecular complexity index is 329. The van der Waals surface area contributed by atoms with Gasteiger partial charge >= 0.3 is 0 Å². The second-order valence-corrected chi connectivity index (χ2v) is 5.02. The van der Waals surface area contributed by atoms with Crippen molar-refractivity contribution in [2.45, 2.75) is 52.1 Å². The van der Waals surface area contributed by atoms with Crippen molar-refractivity contribution in [1.82, 2.24) is 0 Å². The molecule has 0 aliphatic rings. The Labute approximate surface area is 112 Å². The summed E-state index contributed by atoms with van der Waals surface area (Å²) < 4.78 is 0.